The van der Waals surface area contributed by atoms with Gasteiger partial charge in [-0.2, -0.15) is 0 Å². The van der Waals surface area contributed by atoms with Gasteiger partial charge < -0.3 is 15.1 Å². The molecule has 2 aromatic rings. The van der Waals surface area contributed by atoms with Gasteiger partial charge in [0.15, 0.2) is 0 Å². The third kappa shape index (κ3) is 5.11. The molecular formula is C21H24ClF2N3O2. The molecule has 2 heterocycles. The number of pyridine rings is 1. The molecule has 29 heavy (non-hydrogen) atoms. The minimum absolute atomic E-state index is 0.00528. The number of halogens is 3. The highest BCUT2D eigenvalue weighted by atomic mass is 35.5. The first-order chi connectivity index (χ1) is 13.6. The molecule has 5 nitrogen and oxygen atoms in total. The molecule has 8 heteroatoms. The molecule has 156 valence electrons. The monoisotopic (exact) mass is 423 g/mol. The van der Waals surface area contributed by atoms with Crippen LogP contribution in [0.5, 0.6) is 0 Å². The quantitative estimate of drug-likeness (QED) is 0.622. The number of nitrogens with one attached hydrogen (secondary N) is 1. The van der Waals surface area contributed by atoms with Gasteiger partial charge in [0.05, 0.1) is 5.02 Å². The normalized spacial score (nSPS) is 16.7. The van der Waals surface area contributed by atoms with E-state index < -0.39 is 17.4 Å². The molecule has 0 amide bonds. The lowest BCUT2D eigenvalue weighted by Gasteiger charge is -2.39. The van der Waals surface area contributed by atoms with Crippen LogP contribution in [-0.2, 0) is 5.91 Å². The van der Waals surface area contributed by atoms with Crippen LogP contribution < -0.4 is 5.32 Å². The number of nitrogens with zero attached hydrogens (tertiary/aromatic N) is 2. The molecule has 1 aliphatic rings. The van der Waals surface area contributed by atoms with Crippen molar-refractivity contribution in [2.45, 2.75) is 31.3 Å². The third-order valence-corrected chi connectivity index (χ3v) is 5.50. The Hall–Kier alpha value is -2.06. The van der Waals surface area contributed by atoms with Crippen LogP contribution in [0.25, 0.3) is 5.70 Å². The Kier molecular flexibility index (Phi) is 6.24. The van der Waals surface area contributed by atoms with Crippen molar-refractivity contribution in [3.05, 3.63) is 70.8 Å². The van der Waals surface area contributed by atoms with Gasteiger partial charge in [-0.1, -0.05) is 24.2 Å². The molecule has 0 saturated carbocycles. The number of rotatable bonds is 6. The topological polar surface area (TPSA) is 68.6 Å². The lowest BCUT2D eigenvalue weighted by molar-refractivity contribution is -0.203. The van der Waals surface area contributed by atoms with E-state index in [-0.39, 0.29) is 30.1 Å². The Morgan fingerprint density at radius 2 is 2.00 bits per heavy atom. The van der Waals surface area contributed by atoms with Crippen LogP contribution in [0.3, 0.4) is 0 Å². The number of benzene rings is 1. The van der Waals surface area contributed by atoms with Gasteiger partial charge in [-0.05, 0) is 42.3 Å². The lowest BCUT2D eigenvalue weighted by atomic mass is 9.92. The van der Waals surface area contributed by atoms with Crippen LogP contribution in [0.15, 0.2) is 43.1 Å². The summed E-state index contributed by atoms with van der Waals surface area (Å²) in [6.45, 7) is 6.39. The van der Waals surface area contributed by atoms with Crippen LogP contribution in [0.4, 0.5) is 8.78 Å². The average molecular weight is 424 g/mol. The van der Waals surface area contributed by atoms with Crippen molar-refractivity contribution in [1.82, 2.24) is 15.2 Å². The van der Waals surface area contributed by atoms with Crippen molar-refractivity contribution < 1.29 is 19.0 Å². The molecule has 1 aromatic heterocycles. The summed E-state index contributed by atoms with van der Waals surface area (Å²) >= 11 is 5.83. The number of hydrogen-bond donors (Lipinski definition) is 3. The van der Waals surface area contributed by atoms with Gasteiger partial charge in [-0.15, -0.1) is 0 Å². The number of alkyl halides is 1. The summed E-state index contributed by atoms with van der Waals surface area (Å²) in [5.74, 6) is -2.92. The molecule has 1 fully saturated rings. The number of aliphatic hydroxyl groups is 2. The Morgan fingerprint density at radius 3 is 2.59 bits per heavy atom. The van der Waals surface area contributed by atoms with E-state index in [1.807, 2.05) is 11.8 Å². The predicted molar refractivity (Wildman–Crippen MR) is 108 cm³/mol. The summed E-state index contributed by atoms with van der Waals surface area (Å²) in [5.41, 5.74) is 0.589. The van der Waals surface area contributed by atoms with E-state index in [1.54, 1.807) is 12.1 Å². The average Bonchev–Trinajstić information content (AvgIpc) is 2.69. The first-order valence-corrected chi connectivity index (χ1v) is 9.69. The summed E-state index contributed by atoms with van der Waals surface area (Å²) < 4.78 is 28.6. The summed E-state index contributed by atoms with van der Waals surface area (Å²) in [6.07, 6.45) is 1.85. The van der Waals surface area contributed by atoms with Crippen LogP contribution >= 0.6 is 11.6 Å². The second kappa shape index (κ2) is 8.36. The van der Waals surface area contributed by atoms with E-state index in [9.17, 15) is 14.6 Å². The first kappa shape index (κ1) is 21.6. The highest BCUT2D eigenvalue weighted by molar-refractivity contribution is 6.30. The Morgan fingerprint density at radius 1 is 1.31 bits per heavy atom. The molecule has 0 radical (unpaired) electrons. The first-order valence-electron chi connectivity index (χ1n) is 9.31. The third-order valence-electron chi connectivity index (χ3n) is 5.21. The molecule has 3 rings (SSSR count). The fourth-order valence-electron chi connectivity index (χ4n) is 3.26. The van der Waals surface area contributed by atoms with Gasteiger partial charge >= 0.3 is 0 Å². The van der Waals surface area contributed by atoms with Crippen molar-refractivity contribution in [2.24, 2.45) is 0 Å². The van der Waals surface area contributed by atoms with Crippen LogP contribution in [0.1, 0.15) is 29.7 Å². The number of likely N-dealkylation sites (tertiary alicyclic amines) is 1. The molecule has 3 N–H and O–H groups in total. The summed E-state index contributed by atoms with van der Waals surface area (Å²) in [6, 6.07) is 7.54. The van der Waals surface area contributed by atoms with Crippen LogP contribution in [0.2, 0.25) is 5.02 Å². The smallest absolute Gasteiger partial charge is 0.268 e. The molecule has 0 aliphatic carbocycles. The zero-order valence-electron chi connectivity index (χ0n) is 16.1. The molecule has 0 unspecified atom stereocenters. The summed E-state index contributed by atoms with van der Waals surface area (Å²) in [4.78, 5) is 5.89. The maximum absolute atomic E-state index is 15.2. The van der Waals surface area contributed by atoms with Gasteiger partial charge in [-0.25, -0.2) is 8.78 Å². The largest absolute Gasteiger partial charge is 0.371 e. The van der Waals surface area contributed by atoms with Crippen molar-refractivity contribution in [3.8, 4) is 0 Å². The van der Waals surface area contributed by atoms with Crippen molar-refractivity contribution >= 4 is 17.3 Å². The molecule has 1 saturated heterocycles. The van der Waals surface area contributed by atoms with Gasteiger partial charge in [-0.3, -0.25) is 10.3 Å². The van der Waals surface area contributed by atoms with E-state index in [1.165, 1.54) is 24.4 Å². The SMILES string of the molecule is C=C(c1ccc(F)c(Cl)c1)N1CCC(F)(CNC(O)(O)c2ccc(C)cn2)CC1. The van der Waals surface area contributed by atoms with Crippen molar-refractivity contribution in [3.63, 3.8) is 0 Å². The molecule has 1 aromatic carbocycles. The number of piperidine rings is 1. The maximum Gasteiger partial charge on any atom is 0.268 e. The van der Waals surface area contributed by atoms with Crippen LogP contribution in [0, 0.1) is 12.7 Å². The zero-order valence-corrected chi connectivity index (χ0v) is 16.9. The van der Waals surface area contributed by atoms with Gasteiger partial charge in [0.1, 0.15) is 17.2 Å². The number of hydrogen-bond acceptors (Lipinski definition) is 5. The van der Waals surface area contributed by atoms with Crippen LogP contribution in [-0.4, -0.2) is 45.4 Å². The highest BCUT2D eigenvalue weighted by Crippen LogP contribution is 2.31. The van der Waals surface area contributed by atoms with E-state index in [4.69, 9.17) is 11.6 Å². The van der Waals surface area contributed by atoms with Gasteiger partial charge in [0.2, 0.25) is 0 Å². The second-order valence-electron chi connectivity index (χ2n) is 7.46. The number of aryl methyl sites for hydroxylation is 1. The van der Waals surface area contributed by atoms with E-state index in [2.05, 4.69) is 16.9 Å². The van der Waals surface area contributed by atoms with E-state index in [0.717, 1.165) is 5.56 Å². The van der Waals surface area contributed by atoms with Crippen molar-refractivity contribution in [2.75, 3.05) is 19.6 Å². The van der Waals surface area contributed by atoms with Gasteiger partial charge in [0, 0.05) is 44.4 Å². The minimum Gasteiger partial charge on any atom is -0.371 e. The highest BCUT2D eigenvalue weighted by Gasteiger charge is 2.38. The van der Waals surface area contributed by atoms with Gasteiger partial charge in [0.25, 0.3) is 5.91 Å². The Balaban J connectivity index is 1.58. The minimum atomic E-state index is -2.42. The zero-order chi connectivity index (χ0) is 21.2. The molecule has 1 aliphatic heterocycles. The fraction of sp³-hybridized carbons (Fsp3) is 0.381. The maximum atomic E-state index is 15.2. The molecule has 0 bridgehead atoms. The molecule has 0 spiro atoms. The Labute approximate surface area is 173 Å². The predicted octanol–water partition coefficient (Wildman–Crippen LogP) is 3.34. The van der Waals surface area contributed by atoms with E-state index in [0.29, 0.717) is 24.4 Å². The second-order valence-corrected chi connectivity index (χ2v) is 7.87. The fourth-order valence-corrected chi connectivity index (χ4v) is 3.44. The summed E-state index contributed by atoms with van der Waals surface area (Å²) in [7, 11) is 0. The Bertz CT molecular complexity index is 882. The summed E-state index contributed by atoms with van der Waals surface area (Å²) in [5, 5.41) is 22.9. The molecular weight excluding hydrogens is 400 g/mol. The lowest BCUT2D eigenvalue weighted by Crippen LogP contribution is -2.52. The molecule has 0 atom stereocenters. The standard InChI is InChI=1S/C21H24ClF2N3O2/c1-14-3-6-19(25-12-14)21(28,29)26-13-20(24)7-9-27(10-8-20)15(2)16-4-5-18(23)17(22)11-16/h3-6,11-12,26,28-29H,2,7-10,13H2,1H3. The van der Waals surface area contributed by atoms with E-state index >= 15 is 4.39 Å². The number of aromatic nitrogens is 1. The van der Waals surface area contributed by atoms with Crippen molar-refractivity contribution in [1.29, 1.82) is 0 Å².